The van der Waals surface area contributed by atoms with Gasteiger partial charge >= 0.3 is 0 Å². The molecule has 28 heavy (non-hydrogen) atoms. The van der Waals surface area contributed by atoms with Gasteiger partial charge in [-0.05, 0) is 17.7 Å². The third kappa shape index (κ3) is 6.18. The van der Waals surface area contributed by atoms with E-state index in [4.69, 9.17) is 0 Å². The second kappa shape index (κ2) is 10.6. The van der Waals surface area contributed by atoms with E-state index in [1.54, 1.807) is 12.1 Å². The van der Waals surface area contributed by atoms with Gasteiger partial charge in [-0.15, -0.1) is 0 Å². The minimum atomic E-state index is -0.368. The fraction of sp³-hybridized carbons (Fsp3) is 0.364. The van der Waals surface area contributed by atoms with Crippen molar-refractivity contribution < 1.29 is 9.59 Å². The van der Waals surface area contributed by atoms with E-state index >= 15 is 0 Å². The molecule has 1 atom stereocenters. The summed E-state index contributed by atoms with van der Waals surface area (Å²) in [5.41, 5.74) is 1.51. The van der Waals surface area contributed by atoms with Crippen LogP contribution in [0.2, 0.25) is 0 Å². The van der Waals surface area contributed by atoms with Crippen LogP contribution < -0.4 is 16.0 Å². The van der Waals surface area contributed by atoms with Crippen molar-refractivity contribution in [3.8, 4) is 0 Å². The third-order valence-electron chi connectivity index (χ3n) is 4.89. The lowest BCUT2D eigenvalue weighted by molar-refractivity contribution is -0.121. The summed E-state index contributed by atoms with van der Waals surface area (Å²) in [5, 5.41) is 9.31. The predicted octanol–water partition coefficient (Wildman–Crippen LogP) is 1.57. The zero-order valence-electron chi connectivity index (χ0n) is 16.1. The first-order valence-electron chi connectivity index (χ1n) is 9.83. The van der Waals surface area contributed by atoms with E-state index in [1.165, 1.54) is 0 Å². The molecule has 3 N–H and O–H groups in total. The van der Waals surface area contributed by atoms with Crippen molar-refractivity contribution in [2.45, 2.75) is 12.5 Å². The number of benzene rings is 2. The first kappa shape index (κ1) is 20.0. The van der Waals surface area contributed by atoms with Crippen LogP contribution >= 0.6 is 0 Å². The molecule has 1 unspecified atom stereocenters. The Morgan fingerprint density at radius 2 is 1.61 bits per heavy atom. The van der Waals surface area contributed by atoms with E-state index in [9.17, 15) is 9.59 Å². The zero-order valence-corrected chi connectivity index (χ0v) is 16.1. The Balaban J connectivity index is 1.56. The average Bonchev–Trinajstić information content (AvgIpc) is 2.75. The number of hydrogen-bond acceptors (Lipinski definition) is 4. The quantitative estimate of drug-likeness (QED) is 0.650. The van der Waals surface area contributed by atoms with Gasteiger partial charge in [-0.3, -0.25) is 14.5 Å². The Hall–Kier alpha value is -2.70. The normalized spacial score (nSPS) is 15.6. The van der Waals surface area contributed by atoms with Gasteiger partial charge in [0.25, 0.3) is 5.91 Å². The summed E-state index contributed by atoms with van der Waals surface area (Å²) in [5.74, 6) is -0.236. The maximum atomic E-state index is 12.6. The highest BCUT2D eigenvalue weighted by Crippen LogP contribution is 2.17. The van der Waals surface area contributed by atoms with Crippen LogP contribution in [0.25, 0.3) is 0 Å². The lowest BCUT2D eigenvalue weighted by atomic mass is 10.0. The Bertz CT molecular complexity index is 746. The van der Waals surface area contributed by atoms with Gasteiger partial charge in [-0.2, -0.15) is 0 Å². The summed E-state index contributed by atoms with van der Waals surface area (Å²) >= 11 is 0. The van der Waals surface area contributed by atoms with E-state index < -0.39 is 0 Å². The molecule has 0 aromatic heterocycles. The van der Waals surface area contributed by atoms with Crippen LogP contribution in [-0.4, -0.2) is 56.0 Å². The average molecular weight is 380 g/mol. The molecule has 1 heterocycles. The number of hydrogen-bond donors (Lipinski definition) is 3. The molecule has 148 valence electrons. The lowest BCUT2D eigenvalue weighted by Gasteiger charge is -2.27. The van der Waals surface area contributed by atoms with Crippen LogP contribution in [-0.2, 0) is 4.79 Å². The molecule has 6 nitrogen and oxygen atoms in total. The fourth-order valence-corrected chi connectivity index (χ4v) is 3.31. The van der Waals surface area contributed by atoms with Gasteiger partial charge < -0.3 is 16.0 Å². The number of amides is 2. The van der Waals surface area contributed by atoms with Crippen molar-refractivity contribution in [1.82, 2.24) is 20.9 Å². The topological polar surface area (TPSA) is 73.5 Å². The molecule has 0 aliphatic carbocycles. The molecular weight excluding hydrogens is 352 g/mol. The molecule has 0 saturated carbocycles. The van der Waals surface area contributed by atoms with Crippen molar-refractivity contribution in [1.29, 1.82) is 0 Å². The highest BCUT2D eigenvalue weighted by Gasteiger charge is 2.19. The van der Waals surface area contributed by atoms with Crippen molar-refractivity contribution >= 4 is 11.8 Å². The number of rotatable bonds is 8. The van der Waals surface area contributed by atoms with Crippen molar-refractivity contribution in [3.05, 3.63) is 71.8 Å². The number of nitrogens with one attached hydrogen (secondary N) is 3. The summed E-state index contributed by atoms with van der Waals surface area (Å²) in [6, 6.07) is 18.3. The summed E-state index contributed by atoms with van der Waals surface area (Å²) in [4.78, 5) is 27.4. The SMILES string of the molecule is O=C(CC(NC(=O)c1ccccc1)c1ccccc1)NCCN1CCNCC1. The molecule has 1 aliphatic rings. The van der Waals surface area contributed by atoms with Gasteiger partial charge in [0.1, 0.15) is 0 Å². The van der Waals surface area contributed by atoms with E-state index in [0.717, 1.165) is 38.3 Å². The molecule has 1 fully saturated rings. The minimum Gasteiger partial charge on any atom is -0.355 e. The van der Waals surface area contributed by atoms with Crippen LogP contribution in [0.15, 0.2) is 60.7 Å². The van der Waals surface area contributed by atoms with E-state index in [-0.39, 0.29) is 24.3 Å². The molecule has 3 rings (SSSR count). The maximum Gasteiger partial charge on any atom is 0.251 e. The smallest absolute Gasteiger partial charge is 0.251 e. The number of piperazine rings is 1. The van der Waals surface area contributed by atoms with E-state index in [0.29, 0.717) is 12.1 Å². The molecule has 2 amide bonds. The van der Waals surface area contributed by atoms with Crippen molar-refractivity contribution in [3.63, 3.8) is 0 Å². The summed E-state index contributed by atoms with van der Waals surface area (Å²) < 4.78 is 0. The van der Waals surface area contributed by atoms with Crippen molar-refractivity contribution in [2.75, 3.05) is 39.3 Å². The third-order valence-corrected chi connectivity index (χ3v) is 4.89. The van der Waals surface area contributed by atoms with E-state index in [1.807, 2.05) is 48.5 Å². The zero-order chi connectivity index (χ0) is 19.6. The fourth-order valence-electron chi connectivity index (χ4n) is 3.31. The van der Waals surface area contributed by atoms with Crippen LogP contribution in [0.5, 0.6) is 0 Å². The van der Waals surface area contributed by atoms with Crippen LogP contribution in [0.3, 0.4) is 0 Å². The second-order valence-electron chi connectivity index (χ2n) is 6.95. The Labute approximate surface area is 166 Å². The van der Waals surface area contributed by atoms with Gasteiger partial charge in [0, 0.05) is 44.8 Å². The highest BCUT2D eigenvalue weighted by atomic mass is 16.2. The number of nitrogens with zero attached hydrogens (tertiary/aromatic N) is 1. The largest absolute Gasteiger partial charge is 0.355 e. The monoisotopic (exact) mass is 380 g/mol. The summed E-state index contributed by atoms with van der Waals surface area (Å²) in [6.45, 7) is 5.48. The van der Waals surface area contributed by atoms with Crippen LogP contribution in [0.1, 0.15) is 28.4 Å². The molecule has 2 aromatic rings. The highest BCUT2D eigenvalue weighted by molar-refractivity contribution is 5.94. The first-order chi connectivity index (χ1) is 13.7. The van der Waals surface area contributed by atoms with Crippen molar-refractivity contribution in [2.24, 2.45) is 0 Å². The summed E-state index contributed by atoms with van der Waals surface area (Å²) in [7, 11) is 0. The number of carbonyl (C=O) groups is 2. The molecule has 2 aromatic carbocycles. The van der Waals surface area contributed by atoms with E-state index in [2.05, 4.69) is 20.9 Å². The van der Waals surface area contributed by atoms with Gasteiger partial charge in [0.15, 0.2) is 0 Å². The molecular formula is C22H28N4O2. The second-order valence-corrected chi connectivity index (χ2v) is 6.95. The lowest BCUT2D eigenvalue weighted by Crippen LogP contribution is -2.46. The van der Waals surface area contributed by atoms with Crippen LogP contribution in [0.4, 0.5) is 0 Å². The maximum absolute atomic E-state index is 12.6. The Morgan fingerprint density at radius 1 is 0.964 bits per heavy atom. The molecule has 1 saturated heterocycles. The standard InChI is InChI=1S/C22H28N4O2/c27-21(24-13-16-26-14-11-23-12-15-26)17-20(18-7-3-1-4-8-18)25-22(28)19-9-5-2-6-10-19/h1-10,20,23H,11-17H2,(H,24,27)(H,25,28). The van der Waals surface area contributed by atoms with Gasteiger partial charge in [-0.25, -0.2) is 0 Å². The van der Waals surface area contributed by atoms with Crippen LogP contribution in [0, 0.1) is 0 Å². The molecule has 1 aliphatic heterocycles. The van der Waals surface area contributed by atoms with Gasteiger partial charge in [-0.1, -0.05) is 48.5 Å². The molecule has 0 bridgehead atoms. The van der Waals surface area contributed by atoms with Gasteiger partial charge in [0.2, 0.25) is 5.91 Å². The molecule has 6 heteroatoms. The number of carbonyl (C=O) groups excluding carboxylic acids is 2. The first-order valence-corrected chi connectivity index (χ1v) is 9.83. The van der Waals surface area contributed by atoms with Gasteiger partial charge in [0.05, 0.1) is 12.5 Å². The minimum absolute atomic E-state index is 0.0580. The summed E-state index contributed by atoms with van der Waals surface area (Å²) in [6.07, 6.45) is 0.212. The Morgan fingerprint density at radius 3 is 2.29 bits per heavy atom. The molecule has 0 radical (unpaired) electrons. The molecule has 0 spiro atoms. The Kier molecular flexibility index (Phi) is 7.58. The predicted molar refractivity (Wildman–Crippen MR) is 110 cm³/mol.